The van der Waals surface area contributed by atoms with Gasteiger partial charge in [0.15, 0.2) is 0 Å². The molecule has 23 heavy (non-hydrogen) atoms. The van der Waals surface area contributed by atoms with Gasteiger partial charge in [0.1, 0.15) is 11.5 Å². The highest BCUT2D eigenvalue weighted by Crippen LogP contribution is 2.47. The number of nitrogen functional groups attached to an aromatic ring is 2. The predicted molar refractivity (Wildman–Crippen MR) is 91.7 cm³/mol. The first-order valence-corrected chi connectivity index (χ1v) is 7.60. The molecule has 6 heteroatoms. The van der Waals surface area contributed by atoms with Crippen molar-refractivity contribution < 1.29 is 10.2 Å². The predicted octanol–water partition coefficient (Wildman–Crippen LogP) is 2.18. The molecule has 6 nitrogen and oxygen atoms in total. The molecular weight excluding hydrogens is 292 g/mol. The van der Waals surface area contributed by atoms with Gasteiger partial charge in [-0.2, -0.15) is 0 Å². The van der Waals surface area contributed by atoms with Crippen LogP contribution in [0.2, 0.25) is 0 Å². The van der Waals surface area contributed by atoms with E-state index >= 15 is 0 Å². The number of aromatic hydroxyl groups is 2. The Bertz CT molecular complexity index is 847. The molecule has 2 heterocycles. The van der Waals surface area contributed by atoms with Crippen LogP contribution in [0.4, 0.5) is 22.7 Å². The molecule has 0 radical (unpaired) electrons. The average molecular weight is 312 g/mol. The lowest BCUT2D eigenvalue weighted by molar-refractivity contribution is 0.475. The Morgan fingerprint density at radius 2 is 1.57 bits per heavy atom. The molecule has 120 valence electrons. The van der Waals surface area contributed by atoms with E-state index in [-0.39, 0.29) is 11.5 Å². The molecule has 2 aromatic carbocycles. The van der Waals surface area contributed by atoms with Gasteiger partial charge in [-0.25, -0.2) is 0 Å². The van der Waals surface area contributed by atoms with Crippen molar-refractivity contribution in [3.63, 3.8) is 0 Å². The second kappa shape index (κ2) is 4.38. The van der Waals surface area contributed by atoms with E-state index in [1.165, 1.54) is 0 Å². The maximum absolute atomic E-state index is 10.0. The standard InChI is InChI=1S/C17H20N4O2/c1-8-3-12(22)15(19)11-6-21-7-20(16(8)11)5-10-4-13(23)14(18)9(2)17(10)21/h3-4,22-23H,5-7,18-19H2,1-2H3. The van der Waals surface area contributed by atoms with Gasteiger partial charge < -0.3 is 31.5 Å². The highest BCUT2D eigenvalue weighted by atomic mass is 16.3. The van der Waals surface area contributed by atoms with E-state index in [1.54, 1.807) is 12.1 Å². The molecule has 0 fully saturated rings. The van der Waals surface area contributed by atoms with E-state index in [2.05, 4.69) is 9.80 Å². The molecular formula is C17H20N4O2. The monoisotopic (exact) mass is 312 g/mol. The van der Waals surface area contributed by atoms with Crippen molar-refractivity contribution in [2.75, 3.05) is 27.9 Å². The fourth-order valence-corrected chi connectivity index (χ4v) is 3.91. The van der Waals surface area contributed by atoms with Crippen LogP contribution in [0.5, 0.6) is 11.5 Å². The Morgan fingerprint density at radius 1 is 0.913 bits per heavy atom. The van der Waals surface area contributed by atoms with Gasteiger partial charge in [0.05, 0.1) is 18.0 Å². The van der Waals surface area contributed by atoms with E-state index in [1.807, 2.05) is 13.8 Å². The van der Waals surface area contributed by atoms with E-state index in [0.29, 0.717) is 24.5 Å². The molecule has 0 spiro atoms. The Balaban J connectivity index is 1.93. The number of hydrogen-bond donors (Lipinski definition) is 4. The normalized spacial score (nSPS) is 15.4. The van der Waals surface area contributed by atoms with Gasteiger partial charge in [0.25, 0.3) is 0 Å². The molecule has 0 saturated carbocycles. The summed E-state index contributed by atoms with van der Waals surface area (Å²) in [5.74, 6) is 0.261. The topological polar surface area (TPSA) is 99.0 Å². The van der Waals surface area contributed by atoms with Crippen LogP contribution in [0, 0.1) is 13.8 Å². The number of hydrogen-bond acceptors (Lipinski definition) is 6. The molecule has 2 bridgehead atoms. The summed E-state index contributed by atoms with van der Waals surface area (Å²) >= 11 is 0. The molecule has 6 N–H and O–H groups in total. The van der Waals surface area contributed by atoms with Crippen molar-refractivity contribution in [3.8, 4) is 11.5 Å². The molecule has 0 amide bonds. The number of fused-ring (bicyclic) bond motifs is 6. The summed E-state index contributed by atoms with van der Waals surface area (Å²) in [7, 11) is 0. The lowest BCUT2D eigenvalue weighted by Crippen LogP contribution is -2.47. The summed E-state index contributed by atoms with van der Waals surface area (Å²) in [4.78, 5) is 4.42. The fourth-order valence-electron chi connectivity index (χ4n) is 3.91. The van der Waals surface area contributed by atoms with Crippen LogP contribution in [-0.2, 0) is 13.1 Å². The smallest absolute Gasteiger partial charge is 0.139 e. The highest BCUT2D eigenvalue weighted by Gasteiger charge is 2.34. The van der Waals surface area contributed by atoms with Gasteiger partial charge in [-0.3, -0.25) is 0 Å². The first-order valence-electron chi connectivity index (χ1n) is 7.60. The zero-order chi connectivity index (χ0) is 16.5. The minimum Gasteiger partial charge on any atom is -0.506 e. The molecule has 0 saturated heterocycles. The van der Waals surface area contributed by atoms with Crippen LogP contribution in [0.15, 0.2) is 12.1 Å². The molecule has 0 unspecified atom stereocenters. The highest BCUT2D eigenvalue weighted by molar-refractivity contribution is 5.82. The maximum atomic E-state index is 10.0. The van der Waals surface area contributed by atoms with Gasteiger partial charge in [-0.05, 0) is 42.7 Å². The molecule has 2 aliphatic rings. The lowest BCUT2D eigenvalue weighted by Gasteiger charge is -2.46. The van der Waals surface area contributed by atoms with Gasteiger partial charge in [-0.15, -0.1) is 0 Å². The molecule has 4 rings (SSSR count). The maximum Gasteiger partial charge on any atom is 0.139 e. The second-order valence-electron chi connectivity index (χ2n) is 6.43. The Labute approximate surface area is 134 Å². The van der Waals surface area contributed by atoms with Crippen molar-refractivity contribution in [2.45, 2.75) is 26.9 Å². The SMILES string of the molecule is Cc1cc(O)c(N)c2c1N1Cc3cc(O)c(N)c(C)c3N(C2)C1. The molecule has 2 aromatic rings. The largest absolute Gasteiger partial charge is 0.506 e. The number of aryl methyl sites for hydroxylation is 1. The molecule has 0 aromatic heterocycles. The third-order valence-electron chi connectivity index (χ3n) is 4.95. The number of benzene rings is 2. The summed E-state index contributed by atoms with van der Waals surface area (Å²) in [6.07, 6.45) is 0. The number of nitrogens with two attached hydrogens (primary N) is 2. The van der Waals surface area contributed by atoms with Crippen molar-refractivity contribution in [3.05, 3.63) is 34.4 Å². The van der Waals surface area contributed by atoms with Crippen LogP contribution < -0.4 is 21.3 Å². The Hall–Kier alpha value is -2.76. The van der Waals surface area contributed by atoms with Crippen molar-refractivity contribution in [2.24, 2.45) is 0 Å². The second-order valence-corrected chi connectivity index (χ2v) is 6.43. The van der Waals surface area contributed by atoms with Gasteiger partial charge >= 0.3 is 0 Å². The Morgan fingerprint density at radius 3 is 2.30 bits per heavy atom. The third kappa shape index (κ3) is 1.75. The Kier molecular flexibility index (Phi) is 2.64. The van der Waals surface area contributed by atoms with Crippen LogP contribution in [-0.4, -0.2) is 16.9 Å². The summed E-state index contributed by atoms with van der Waals surface area (Å²) in [6.45, 7) is 5.95. The summed E-state index contributed by atoms with van der Waals surface area (Å²) in [5, 5.41) is 20.1. The van der Waals surface area contributed by atoms with E-state index in [4.69, 9.17) is 11.5 Å². The number of phenolic OH excluding ortho intramolecular Hbond substituents is 2. The summed E-state index contributed by atoms with van der Waals surface area (Å²) in [6, 6.07) is 3.46. The summed E-state index contributed by atoms with van der Waals surface area (Å²) in [5.41, 5.74) is 19.0. The summed E-state index contributed by atoms with van der Waals surface area (Å²) < 4.78 is 0. The van der Waals surface area contributed by atoms with Crippen LogP contribution in [0.1, 0.15) is 22.3 Å². The van der Waals surface area contributed by atoms with E-state index < -0.39 is 0 Å². The van der Waals surface area contributed by atoms with Gasteiger partial charge in [0, 0.05) is 30.0 Å². The molecule has 0 atom stereocenters. The number of rotatable bonds is 0. The number of phenols is 2. The number of nitrogens with zero attached hydrogens (tertiary/aromatic N) is 2. The average Bonchev–Trinajstić information content (AvgIpc) is 2.49. The minimum absolute atomic E-state index is 0.130. The van der Waals surface area contributed by atoms with E-state index in [9.17, 15) is 10.2 Å². The van der Waals surface area contributed by atoms with Crippen LogP contribution >= 0.6 is 0 Å². The van der Waals surface area contributed by atoms with E-state index in [0.717, 1.165) is 40.3 Å². The molecule has 0 aliphatic carbocycles. The number of anilines is 4. The van der Waals surface area contributed by atoms with Crippen molar-refractivity contribution in [1.29, 1.82) is 0 Å². The minimum atomic E-state index is 0.130. The van der Waals surface area contributed by atoms with Gasteiger partial charge in [0.2, 0.25) is 0 Å². The molecule has 2 aliphatic heterocycles. The van der Waals surface area contributed by atoms with Gasteiger partial charge in [-0.1, -0.05) is 0 Å². The zero-order valence-corrected chi connectivity index (χ0v) is 13.2. The van der Waals surface area contributed by atoms with Crippen molar-refractivity contribution >= 4 is 22.7 Å². The van der Waals surface area contributed by atoms with Crippen LogP contribution in [0.3, 0.4) is 0 Å². The first-order chi connectivity index (χ1) is 10.9. The zero-order valence-electron chi connectivity index (χ0n) is 13.2. The lowest BCUT2D eigenvalue weighted by atomic mass is 9.95. The quantitative estimate of drug-likeness (QED) is 0.439. The third-order valence-corrected chi connectivity index (χ3v) is 4.95. The first kappa shape index (κ1) is 13.9. The van der Waals surface area contributed by atoms with Crippen molar-refractivity contribution in [1.82, 2.24) is 0 Å². The fraction of sp³-hybridized carbons (Fsp3) is 0.294. The van der Waals surface area contributed by atoms with Crippen LogP contribution in [0.25, 0.3) is 0 Å².